The van der Waals surface area contributed by atoms with Gasteiger partial charge in [-0.3, -0.25) is 0 Å². The van der Waals surface area contributed by atoms with E-state index in [1.807, 2.05) is 72.8 Å². The van der Waals surface area contributed by atoms with Crippen molar-refractivity contribution in [3.05, 3.63) is 103 Å². The number of fused-ring (bicyclic) bond motifs is 6. The molecule has 0 aliphatic carbocycles. The molecule has 52 heavy (non-hydrogen) atoms. The lowest BCUT2D eigenvalue weighted by molar-refractivity contribution is 0.379. The molecule has 4 radical (unpaired) electrons. The summed E-state index contributed by atoms with van der Waals surface area (Å²) >= 11 is 0. The van der Waals surface area contributed by atoms with Gasteiger partial charge in [0.15, 0.2) is 23.0 Å². The van der Waals surface area contributed by atoms with Crippen LogP contribution in [0.5, 0.6) is 40.2 Å². The third kappa shape index (κ3) is 4.18. The first-order chi connectivity index (χ1) is 25.1. The van der Waals surface area contributed by atoms with Crippen molar-refractivity contribution in [3.8, 4) is 73.6 Å². The van der Waals surface area contributed by atoms with Crippen LogP contribution in [-0.2, 0) is 0 Å². The first-order valence-corrected chi connectivity index (χ1v) is 16.2. The van der Waals surface area contributed by atoms with Gasteiger partial charge < -0.3 is 40.2 Å². The predicted octanol–water partition coefficient (Wildman–Crippen LogP) is 7.57. The van der Waals surface area contributed by atoms with Crippen LogP contribution in [0.3, 0.4) is 0 Å². The summed E-state index contributed by atoms with van der Waals surface area (Å²) in [4.78, 5) is 0. The normalized spacial score (nSPS) is 11.8. The number of phenolic OH excluding ortho intramolecular Hbond substituents is 7. The highest BCUT2D eigenvalue weighted by Gasteiger charge is 2.32. The van der Waals surface area contributed by atoms with E-state index >= 15 is 0 Å². The Balaban J connectivity index is 1.37. The van der Waals surface area contributed by atoms with Crippen LogP contribution in [0.25, 0.3) is 87.6 Å². The first kappa shape index (κ1) is 31.1. The zero-order valence-electron chi connectivity index (χ0n) is 27.0. The molecular weight excluding hydrogens is 654 g/mol. The van der Waals surface area contributed by atoms with Crippen LogP contribution in [0, 0.1) is 0 Å². The third-order valence-electron chi connectivity index (χ3n) is 9.95. The highest BCUT2D eigenvalue weighted by Crippen LogP contribution is 2.57. The zero-order valence-corrected chi connectivity index (χ0v) is 27.0. The summed E-state index contributed by atoms with van der Waals surface area (Å²) in [5, 5.41) is 83.9. The standard InChI is InChI=1S/C42H24B2O8/c43-34-37(46)31(36(45)32(38(34)47)33-39(48)41(50)35(44)42(51)40(33)49)30-23-11-5-3-9-21(23)29(22-10-4-6-12-24(22)30)20-13-14-27-25(16-20)26-15-18-7-1-2-8-19(18)17-28(26)52-27/h1-17,45-51H. The van der Waals surface area contributed by atoms with Gasteiger partial charge in [-0.15, -0.1) is 0 Å². The predicted molar refractivity (Wildman–Crippen MR) is 205 cm³/mol. The number of hydrogen-bond acceptors (Lipinski definition) is 8. The fourth-order valence-electron chi connectivity index (χ4n) is 7.48. The maximum absolute atomic E-state index is 12.0. The monoisotopic (exact) mass is 678 g/mol. The number of aromatic hydroxyl groups is 7. The summed E-state index contributed by atoms with van der Waals surface area (Å²) in [5.41, 5.74) is 0.579. The second-order valence-electron chi connectivity index (χ2n) is 12.7. The molecule has 0 saturated carbocycles. The van der Waals surface area contributed by atoms with E-state index < -0.39 is 62.3 Å². The molecule has 8 nitrogen and oxygen atoms in total. The minimum absolute atomic E-state index is 0.234. The van der Waals surface area contributed by atoms with Crippen LogP contribution in [0.2, 0.25) is 0 Å². The van der Waals surface area contributed by atoms with Crippen molar-refractivity contribution in [2.24, 2.45) is 0 Å². The van der Waals surface area contributed by atoms with Crippen molar-refractivity contribution >= 4 is 80.9 Å². The van der Waals surface area contributed by atoms with Gasteiger partial charge in [-0.05, 0) is 78.6 Å². The van der Waals surface area contributed by atoms with E-state index in [2.05, 4.69) is 18.2 Å². The molecule has 0 spiro atoms. The van der Waals surface area contributed by atoms with Crippen molar-refractivity contribution in [1.82, 2.24) is 0 Å². The van der Waals surface area contributed by atoms with E-state index in [0.717, 1.165) is 54.6 Å². The summed E-state index contributed by atoms with van der Waals surface area (Å²) in [7, 11) is 11.9. The van der Waals surface area contributed by atoms with Crippen LogP contribution >= 0.6 is 0 Å². The molecule has 9 rings (SSSR count). The Morgan fingerprint density at radius 3 is 1.37 bits per heavy atom. The Morgan fingerprint density at radius 2 is 0.788 bits per heavy atom. The van der Waals surface area contributed by atoms with E-state index in [1.165, 1.54) is 0 Å². The minimum atomic E-state index is -1.05. The number of rotatable bonds is 3. The Morgan fingerprint density at radius 1 is 0.346 bits per heavy atom. The molecule has 246 valence electrons. The van der Waals surface area contributed by atoms with E-state index in [0.29, 0.717) is 16.3 Å². The molecule has 0 bridgehead atoms. The van der Waals surface area contributed by atoms with Crippen LogP contribution in [0.4, 0.5) is 0 Å². The Hall–Kier alpha value is -6.93. The fraction of sp³-hybridized carbons (Fsp3) is 0. The molecule has 0 atom stereocenters. The highest BCUT2D eigenvalue weighted by molar-refractivity contribution is 6.39. The Bertz CT molecular complexity index is 2940. The summed E-state index contributed by atoms with van der Waals surface area (Å²) in [5.74, 6) is -6.51. The summed E-state index contributed by atoms with van der Waals surface area (Å²) < 4.78 is 6.27. The molecule has 9 aromatic rings. The average molecular weight is 678 g/mol. The lowest BCUT2D eigenvalue weighted by Crippen LogP contribution is -2.09. The van der Waals surface area contributed by atoms with E-state index in [4.69, 9.17) is 20.1 Å². The summed E-state index contributed by atoms with van der Waals surface area (Å²) in [6, 6.07) is 33.0. The van der Waals surface area contributed by atoms with E-state index in [1.54, 1.807) is 12.1 Å². The first-order valence-electron chi connectivity index (χ1n) is 16.2. The van der Waals surface area contributed by atoms with Gasteiger partial charge in [-0.25, -0.2) is 0 Å². The molecule has 1 aromatic heterocycles. The molecule has 10 heteroatoms. The second-order valence-corrected chi connectivity index (χ2v) is 12.7. The van der Waals surface area contributed by atoms with Crippen molar-refractivity contribution in [3.63, 3.8) is 0 Å². The topological polar surface area (TPSA) is 155 Å². The van der Waals surface area contributed by atoms with E-state index in [9.17, 15) is 35.7 Å². The average Bonchev–Trinajstić information content (AvgIpc) is 3.52. The lowest BCUT2D eigenvalue weighted by atomic mass is 9.80. The second kappa shape index (κ2) is 11.0. The fourth-order valence-corrected chi connectivity index (χ4v) is 7.48. The molecule has 0 fully saturated rings. The lowest BCUT2D eigenvalue weighted by Gasteiger charge is -2.23. The molecule has 0 aliphatic rings. The molecule has 8 aromatic carbocycles. The van der Waals surface area contributed by atoms with Gasteiger partial charge in [0.05, 0.1) is 16.7 Å². The number of hydrogen-bond donors (Lipinski definition) is 7. The van der Waals surface area contributed by atoms with Crippen molar-refractivity contribution < 1.29 is 40.2 Å². The van der Waals surface area contributed by atoms with Gasteiger partial charge in [0.25, 0.3) is 0 Å². The molecule has 7 N–H and O–H groups in total. The molecule has 1 heterocycles. The Kier molecular flexibility index (Phi) is 6.60. The number of furan rings is 1. The zero-order chi connectivity index (χ0) is 36.2. The van der Waals surface area contributed by atoms with Gasteiger partial charge in [0.1, 0.15) is 44.1 Å². The largest absolute Gasteiger partial charge is 0.508 e. The number of phenols is 7. The quantitative estimate of drug-likeness (QED) is 0.0437. The summed E-state index contributed by atoms with van der Waals surface area (Å²) in [6.45, 7) is 0. The molecular formula is C42H24B2O8. The van der Waals surface area contributed by atoms with E-state index in [-0.39, 0.29) is 5.56 Å². The maximum Gasteiger partial charge on any atom is 0.169 e. The Labute approximate surface area is 297 Å². The smallest absolute Gasteiger partial charge is 0.169 e. The molecule has 0 amide bonds. The minimum Gasteiger partial charge on any atom is -0.508 e. The van der Waals surface area contributed by atoms with Gasteiger partial charge >= 0.3 is 0 Å². The maximum atomic E-state index is 12.0. The molecule has 0 saturated heterocycles. The number of benzene rings is 8. The van der Waals surface area contributed by atoms with Gasteiger partial charge in [-0.1, -0.05) is 78.9 Å². The van der Waals surface area contributed by atoms with Crippen molar-refractivity contribution in [2.75, 3.05) is 0 Å². The van der Waals surface area contributed by atoms with Crippen LogP contribution in [-0.4, -0.2) is 51.4 Å². The van der Waals surface area contributed by atoms with Crippen LogP contribution in [0.1, 0.15) is 0 Å². The molecule has 0 unspecified atom stereocenters. The third-order valence-corrected chi connectivity index (χ3v) is 9.95. The van der Waals surface area contributed by atoms with Gasteiger partial charge in [0.2, 0.25) is 0 Å². The summed E-state index contributed by atoms with van der Waals surface area (Å²) in [6.07, 6.45) is 0. The van der Waals surface area contributed by atoms with Crippen LogP contribution in [0.15, 0.2) is 108 Å². The SMILES string of the molecule is [B]c1c(O)c(O)c(-c2c(O)c([B])c(O)c(-c3c4ccccc4c(-c4ccc5oc6cc7ccccc7cc6c5c4)c4ccccc34)c2O)c(O)c1O. The van der Waals surface area contributed by atoms with Crippen molar-refractivity contribution in [1.29, 1.82) is 0 Å². The van der Waals surface area contributed by atoms with Gasteiger partial charge in [-0.2, -0.15) is 0 Å². The van der Waals surface area contributed by atoms with Crippen LogP contribution < -0.4 is 10.9 Å². The highest BCUT2D eigenvalue weighted by atomic mass is 16.3. The van der Waals surface area contributed by atoms with Gasteiger partial charge in [0, 0.05) is 16.3 Å². The molecule has 0 aliphatic heterocycles. The van der Waals surface area contributed by atoms with Crippen molar-refractivity contribution in [2.45, 2.75) is 0 Å².